The molecule has 0 saturated heterocycles. The van der Waals surface area contributed by atoms with Gasteiger partial charge in [-0.05, 0) is 12.8 Å². The van der Waals surface area contributed by atoms with E-state index in [1.165, 1.54) is 19.3 Å². The normalized spacial score (nSPS) is 16.4. The van der Waals surface area contributed by atoms with E-state index in [1.807, 2.05) is 0 Å². The smallest absolute Gasteiger partial charge is 0.401 e. The van der Waals surface area contributed by atoms with Crippen LogP contribution in [0.15, 0.2) is 4.99 Å². The predicted octanol–water partition coefficient (Wildman–Crippen LogP) is 2.56. The van der Waals surface area contributed by atoms with Crippen molar-refractivity contribution in [2.75, 3.05) is 0 Å². The van der Waals surface area contributed by atoms with Gasteiger partial charge in [0.2, 0.25) is 6.08 Å². The minimum absolute atomic E-state index is 0.302. The van der Waals surface area contributed by atoms with Gasteiger partial charge in [-0.25, -0.2) is 14.6 Å². The van der Waals surface area contributed by atoms with Gasteiger partial charge in [-0.1, -0.05) is 19.3 Å². The average Bonchev–Trinajstić information content (AvgIpc) is 2.06. The van der Waals surface area contributed by atoms with Crippen LogP contribution in [0, 0.1) is 0 Å². The molecule has 0 aliphatic heterocycles. The summed E-state index contributed by atoms with van der Waals surface area (Å²) >= 11 is 4.19. The van der Waals surface area contributed by atoms with E-state index in [4.69, 9.17) is 9.90 Å². The largest absolute Gasteiger partial charge is 0.469 e. The van der Waals surface area contributed by atoms with Crippen LogP contribution in [0.2, 0.25) is 0 Å². The molecule has 0 bridgehead atoms. The third-order valence-electron chi connectivity index (χ3n) is 1.81. The third-order valence-corrected chi connectivity index (χ3v) is 1.81. The highest BCUT2D eigenvalue weighted by Gasteiger charge is 2.10. The standard InChI is InChI=1S/C7H11NO.CHClO2/c9-6-8-7-4-2-1-3-5-7;2-1(3)4/h7H,1-5H2;(H,3,4). The van der Waals surface area contributed by atoms with Crippen LogP contribution in [0.1, 0.15) is 32.1 Å². The first-order valence-corrected chi connectivity index (χ1v) is 4.50. The van der Waals surface area contributed by atoms with Gasteiger partial charge in [-0.3, -0.25) is 0 Å². The quantitative estimate of drug-likeness (QED) is 0.406. The molecule has 0 spiro atoms. The number of isocyanates is 1. The van der Waals surface area contributed by atoms with E-state index in [-0.39, 0.29) is 0 Å². The van der Waals surface area contributed by atoms with Gasteiger partial charge in [0.05, 0.1) is 6.04 Å². The molecular weight excluding hydrogens is 194 g/mol. The SMILES string of the molecule is O=C(O)Cl.O=C=NC1CCCCC1. The number of aliphatic imine (C=N–C) groups is 1. The zero-order chi connectivity index (χ0) is 10.1. The summed E-state index contributed by atoms with van der Waals surface area (Å²) in [7, 11) is 0. The average molecular weight is 206 g/mol. The summed E-state index contributed by atoms with van der Waals surface area (Å²) in [5.41, 5.74) is -1.36. The Labute approximate surface area is 81.6 Å². The topological polar surface area (TPSA) is 66.7 Å². The first kappa shape index (κ1) is 12.1. The number of rotatable bonds is 1. The van der Waals surface area contributed by atoms with Gasteiger partial charge in [0, 0.05) is 11.6 Å². The molecule has 0 aromatic rings. The van der Waals surface area contributed by atoms with Crippen LogP contribution in [-0.2, 0) is 4.79 Å². The van der Waals surface area contributed by atoms with E-state index in [1.54, 1.807) is 6.08 Å². The Hall–Kier alpha value is -0.860. The Balaban J connectivity index is 0.000000310. The van der Waals surface area contributed by atoms with Crippen molar-refractivity contribution in [3.8, 4) is 0 Å². The number of hydrogen-bond donors (Lipinski definition) is 1. The summed E-state index contributed by atoms with van der Waals surface area (Å²) in [6.45, 7) is 0. The van der Waals surface area contributed by atoms with Crippen LogP contribution in [0.25, 0.3) is 0 Å². The Morgan fingerprint density at radius 3 is 2.23 bits per heavy atom. The van der Waals surface area contributed by atoms with Gasteiger partial charge >= 0.3 is 5.43 Å². The highest BCUT2D eigenvalue weighted by molar-refractivity contribution is 6.60. The van der Waals surface area contributed by atoms with E-state index in [0.717, 1.165) is 12.8 Å². The molecule has 0 aromatic heterocycles. The maximum atomic E-state index is 9.78. The van der Waals surface area contributed by atoms with Gasteiger partial charge in [0.15, 0.2) is 0 Å². The van der Waals surface area contributed by atoms with Gasteiger partial charge < -0.3 is 5.11 Å². The van der Waals surface area contributed by atoms with E-state index in [2.05, 4.69) is 16.6 Å². The number of hydrogen-bond acceptors (Lipinski definition) is 3. The molecule has 0 aromatic carbocycles. The third kappa shape index (κ3) is 9.05. The number of carboxylic acid groups (broad SMARTS) is 1. The molecule has 0 atom stereocenters. The number of carbonyl (C=O) groups is 1. The van der Waals surface area contributed by atoms with Crippen LogP contribution in [0.5, 0.6) is 0 Å². The Morgan fingerprint density at radius 2 is 1.85 bits per heavy atom. The summed E-state index contributed by atoms with van der Waals surface area (Å²) in [5.74, 6) is 0. The maximum absolute atomic E-state index is 9.78. The molecule has 0 radical (unpaired) electrons. The zero-order valence-corrected chi connectivity index (χ0v) is 7.96. The Kier molecular flexibility index (Phi) is 7.26. The summed E-state index contributed by atoms with van der Waals surface area (Å²) in [5, 5.41) is 7.18. The van der Waals surface area contributed by atoms with Crippen LogP contribution < -0.4 is 0 Å². The van der Waals surface area contributed by atoms with E-state index < -0.39 is 5.43 Å². The Morgan fingerprint density at radius 1 is 1.38 bits per heavy atom. The maximum Gasteiger partial charge on any atom is 0.401 e. The molecule has 1 rings (SSSR count). The minimum Gasteiger partial charge on any atom is -0.469 e. The number of nitrogens with zero attached hydrogens (tertiary/aromatic N) is 1. The van der Waals surface area contributed by atoms with Crippen LogP contribution >= 0.6 is 11.6 Å². The monoisotopic (exact) mass is 205 g/mol. The molecule has 1 fully saturated rings. The summed E-state index contributed by atoms with van der Waals surface area (Å²) < 4.78 is 0. The molecule has 74 valence electrons. The van der Waals surface area contributed by atoms with Crippen molar-refractivity contribution in [3.63, 3.8) is 0 Å². The van der Waals surface area contributed by atoms with Gasteiger partial charge in [0.25, 0.3) is 0 Å². The van der Waals surface area contributed by atoms with Crippen LogP contribution in [-0.4, -0.2) is 22.7 Å². The number of carbonyl (C=O) groups excluding carboxylic acids is 1. The van der Waals surface area contributed by atoms with E-state index in [0.29, 0.717) is 6.04 Å². The first-order chi connectivity index (χ1) is 6.16. The van der Waals surface area contributed by atoms with E-state index >= 15 is 0 Å². The second-order valence-corrected chi connectivity index (χ2v) is 3.09. The fourth-order valence-electron chi connectivity index (χ4n) is 1.28. The molecule has 0 unspecified atom stereocenters. The van der Waals surface area contributed by atoms with E-state index in [9.17, 15) is 4.79 Å². The fourth-order valence-corrected chi connectivity index (χ4v) is 1.28. The molecular formula is C8H12ClNO3. The van der Waals surface area contributed by atoms with Gasteiger partial charge in [-0.2, -0.15) is 0 Å². The molecule has 5 heteroatoms. The number of halogens is 1. The van der Waals surface area contributed by atoms with Crippen molar-refractivity contribution in [1.82, 2.24) is 0 Å². The lowest BCUT2D eigenvalue weighted by Crippen LogP contribution is -2.08. The lowest BCUT2D eigenvalue weighted by atomic mass is 9.96. The molecule has 1 aliphatic rings. The highest BCUT2D eigenvalue weighted by Crippen LogP contribution is 2.19. The van der Waals surface area contributed by atoms with Crippen molar-refractivity contribution in [2.24, 2.45) is 4.99 Å². The molecule has 1 saturated carbocycles. The van der Waals surface area contributed by atoms with Crippen molar-refractivity contribution < 1.29 is 14.7 Å². The highest BCUT2D eigenvalue weighted by atomic mass is 35.5. The van der Waals surface area contributed by atoms with Crippen molar-refractivity contribution in [3.05, 3.63) is 0 Å². The summed E-state index contributed by atoms with van der Waals surface area (Å²) in [6.07, 6.45) is 7.57. The molecule has 13 heavy (non-hydrogen) atoms. The van der Waals surface area contributed by atoms with Crippen LogP contribution in [0.4, 0.5) is 4.79 Å². The van der Waals surface area contributed by atoms with Gasteiger partial charge in [0.1, 0.15) is 0 Å². The fraction of sp³-hybridized carbons (Fsp3) is 0.750. The van der Waals surface area contributed by atoms with Crippen LogP contribution in [0.3, 0.4) is 0 Å². The lowest BCUT2D eigenvalue weighted by Gasteiger charge is -2.14. The summed E-state index contributed by atoms with van der Waals surface area (Å²) in [4.78, 5) is 22.2. The predicted molar refractivity (Wildman–Crippen MR) is 48.9 cm³/mol. The Bertz CT molecular complexity index is 192. The molecule has 0 amide bonds. The van der Waals surface area contributed by atoms with Gasteiger partial charge in [-0.15, -0.1) is 0 Å². The first-order valence-electron chi connectivity index (χ1n) is 4.12. The second kappa shape index (κ2) is 7.77. The molecule has 0 heterocycles. The molecule has 1 aliphatic carbocycles. The lowest BCUT2D eigenvalue weighted by molar-refractivity contribution is 0.220. The van der Waals surface area contributed by atoms with Crippen molar-refractivity contribution in [1.29, 1.82) is 0 Å². The molecule has 4 nitrogen and oxygen atoms in total. The van der Waals surface area contributed by atoms with Crippen molar-refractivity contribution >= 4 is 23.1 Å². The summed E-state index contributed by atoms with van der Waals surface area (Å²) in [6, 6.07) is 0.302. The second-order valence-electron chi connectivity index (χ2n) is 2.77. The minimum atomic E-state index is -1.36. The molecule has 1 N–H and O–H groups in total. The van der Waals surface area contributed by atoms with Crippen molar-refractivity contribution in [2.45, 2.75) is 38.1 Å². The zero-order valence-electron chi connectivity index (χ0n) is 7.20.